The van der Waals surface area contributed by atoms with Crippen LogP contribution in [0.2, 0.25) is 0 Å². The molecule has 0 radical (unpaired) electrons. The Bertz CT molecular complexity index is 406. The van der Waals surface area contributed by atoms with Crippen molar-refractivity contribution >= 4 is 17.5 Å². The summed E-state index contributed by atoms with van der Waals surface area (Å²) >= 11 is 1.68. The summed E-state index contributed by atoms with van der Waals surface area (Å²) in [7, 11) is 0. The number of benzene rings is 1. The van der Waals surface area contributed by atoms with Gasteiger partial charge in [0, 0.05) is 22.6 Å². The standard InChI is InChI=1S/C10H7NOS/c11-6-7-1-2-10-8(5-7)9(12)3-4-13-10/h1-2,5H,3-4H2. The first-order valence-electron chi connectivity index (χ1n) is 4.01. The zero-order valence-corrected chi connectivity index (χ0v) is 7.73. The van der Waals surface area contributed by atoms with Crippen molar-refractivity contribution in [2.75, 3.05) is 5.75 Å². The lowest BCUT2D eigenvalue weighted by Crippen LogP contribution is -2.08. The van der Waals surface area contributed by atoms with Crippen molar-refractivity contribution in [2.24, 2.45) is 0 Å². The van der Waals surface area contributed by atoms with Crippen LogP contribution in [-0.4, -0.2) is 11.5 Å². The van der Waals surface area contributed by atoms with Crippen LogP contribution in [0.5, 0.6) is 0 Å². The number of nitrogens with zero attached hydrogens (tertiary/aromatic N) is 1. The quantitative estimate of drug-likeness (QED) is 0.628. The van der Waals surface area contributed by atoms with E-state index in [-0.39, 0.29) is 5.78 Å². The molecular weight excluding hydrogens is 182 g/mol. The zero-order valence-electron chi connectivity index (χ0n) is 6.91. The lowest BCUT2D eigenvalue weighted by atomic mass is 10.1. The Morgan fingerprint density at radius 2 is 2.31 bits per heavy atom. The third-order valence-corrected chi connectivity index (χ3v) is 3.07. The summed E-state index contributed by atoms with van der Waals surface area (Å²) in [6.45, 7) is 0. The van der Waals surface area contributed by atoms with Crippen molar-refractivity contribution in [3.8, 4) is 6.07 Å². The number of hydrogen-bond acceptors (Lipinski definition) is 3. The van der Waals surface area contributed by atoms with Gasteiger partial charge < -0.3 is 0 Å². The maximum absolute atomic E-state index is 11.4. The smallest absolute Gasteiger partial charge is 0.164 e. The van der Waals surface area contributed by atoms with E-state index in [9.17, 15) is 4.79 Å². The van der Waals surface area contributed by atoms with Gasteiger partial charge in [0.25, 0.3) is 0 Å². The molecule has 13 heavy (non-hydrogen) atoms. The van der Waals surface area contributed by atoms with E-state index < -0.39 is 0 Å². The topological polar surface area (TPSA) is 40.9 Å². The molecule has 0 aliphatic carbocycles. The maximum atomic E-state index is 11.4. The molecule has 1 aliphatic heterocycles. The van der Waals surface area contributed by atoms with Gasteiger partial charge >= 0.3 is 0 Å². The van der Waals surface area contributed by atoms with Gasteiger partial charge in [-0.1, -0.05) is 0 Å². The SMILES string of the molecule is N#Cc1ccc2c(c1)C(=O)CCS2. The van der Waals surface area contributed by atoms with Crippen LogP contribution in [0.4, 0.5) is 0 Å². The molecule has 0 saturated heterocycles. The Hall–Kier alpha value is -1.27. The zero-order chi connectivity index (χ0) is 9.26. The van der Waals surface area contributed by atoms with Crippen LogP contribution < -0.4 is 0 Å². The first-order valence-corrected chi connectivity index (χ1v) is 5.00. The number of thioether (sulfide) groups is 1. The second-order valence-electron chi connectivity index (χ2n) is 2.84. The van der Waals surface area contributed by atoms with Crippen molar-refractivity contribution < 1.29 is 4.79 Å². The molecule has 0 N–H and O–H groups in total. The van der Waals surface area contributed by atoms with Gasteiger partial charge in [-0.15, -0.1) is 11.8 Å². The number of rotatable bonds is 0. The minimum Gasteiger partial charge on any atom is -0.294 e. The summed E-state index contributed by atoms with van der Waals surface area (Å²) in [6, 6.07) is 7.33. The largest absolute Gasteiger partial charge is 0.294 e. The molecule has 1 heterocycles. The molecule has 3 heteroatoms. The summed E-state index contributed by atoms with van der Waals surface area (Å²) in [6.07, 6.45) is 0.590. The summed E-state index contributed by atoms with van der Waals surface area (Å²) in [4.78, 5) is 12.4. The van der Waals surface area contributed by atoms with Crippen LogP contribution in [0, 0.1) is 11.3 Å². The van der Waals surface area contributed by atoms with E-state index >= 15 is 0 Å². The Kier molecular flexibility index (Phi) is 2.07. The number of fused-ring (bicyclic) bond motifs is 1. The predicted octanol–water partition coefficient (Wildman–Crippen LogP) is 2.24. The van der Waals surface area contributed by atoms with Gasteiger partial charge in [0.2, 0.25) is 0 Å². The Morgan fingerprint density at radius 1 is 1.46 bits per heavy atom. The first kappa shape index (κ1) is 8.33. The summed E-state index contributed by atoms with van der Waals surface area (Å²) in [5.74, 6) is 1.02. The van der Waals surface area contributed by atoms with Crippen LogP contribution in [0.25, 0.3) is 0 Å². The second-order valence-corrected chi connectivity index (χ2v) is 3.98. The first-order chi connectivity index (χ1) is 6.31. The fourth-order valence-corrected chi connectivity index (χ4v) is 2.33. The van der Waals surface area contributed by atoms with Gasteiger partial charge in [-0.3, -0.25) is 4.79 Å². The molecule has 1 aromatic carbocycles. The van der Waals surface area contributed by atoms with Gasteiger partial charge in [-0.2, -0.15) is 5.26 Å². The van der Waals surface area contributed by atoms with Crippen LogP contribution in [-0.2, 0) is 0 Å². The number of carbonyl (C=O) groups excluding carboxylic acids is 1. The maximum Gasteiger partial charge on any atom is 0.164 e. The Labute approximate surface area is 80.6 Å². The molecule has 0 spiro atoms. The van der Waals surface area contributed by atoms with Crippen LogP contribution in [0.1, 0.15) is 22.3 Å². The highest BCUT2D eigenvalue weighted by molar-refractivity contribution is 7.99. The molecule has 0 bridgehead atoms. The molecule has 0 atom stereocenters. The average Bonchev–Trinajstić information content (AvgIpc) is 2.18. The molecule has 2 nitrogen and oxygen atoms in total. The third kappa shape index (κ3) is 1.45. The van der Waals surface area contributed by atoms with Crippen LogP contribution >= 0.6 is 11.8 Å². The predicted molar refractivity (Wildman–Crippen MR) is 50.8 cm³/mol. The van der Waals surface area contributed by atoms with E-state index in [0.717, 1.165) is 16.2 Å². The highest BCUT2D eigenvalue weighted by atomic mass is 32.2. The molecule has 64 valence electrons. The lowest BCUT2D eigenvalue weighted by molar-refractivity contribution is 0.0985. The molecule has 0 unspecified atom stereocenters. The Morgan fingerprint density at radius 3 is 3.08 bits per heavy atom. The van der Waals surface area contributed by atoms with Gasteiger partial charge in [0.1, 0.15) is 0 Å². The number of ketones is 1. The van der Waals surface area contributed by atoms with E-state index in [1.54, 1.807) is 23.9 Å². The molecular formula is C10H7NOS. The number of hydrogen-bond donors (Lipinski definition) is 0. The minimum absolute atomic E-state index is 0.158. The fourth-order valence-electron chi connectivity index (χ4n) is 1.33. The van der Waals surface area contributed by atoms with Crippen LogP contribution in [0.15, 0.2) is 23.1 Å². The highest BCUT2D eigenvalue weighted by Gasteiger charge is 2.17. The minimum atomic E-state index is 0.158. The van der Waals surface area contributed by atoms with Gasteiger partial charge in [0.05, 0.1) is 11.6 Å². The summed E-state index contributed by atoms with van der Waals surface area (Å²) in [5, 5.41) is 8.66. The number of Topliss-reactive ketones (excluding diaryl/α,β-unsaturated/α-hetero) is 1. The van der Waals surface area contributed by atoms with Crippen molar-refractivity contribution in [1.29, 1.82) is 5.26 Å². The molecule has 0 fully saturated rings. The summed E-state index contributed by atoms with van der Waals surface area (Å²) < 4.78 is 0. The average molecular weight is 189 g/mol. The van der Waals surface area contributed by atoms with Crippen molar-refractivity contribution in [1.82, 2.24) is 0 Å². The number of carbonyl (C=O) groups is 1. The van der Waals surface area contributed by atoms with E-state index in [0.29, 0.717) is 12.0 Å². The molecule has 1 aliphatic rings. The summed E-state index contributed by atoms with van der Waals surface area (Å²) in [5.41, 5.74) is 1.28. The van der Waals surface area contributed by atoms with Gasteiger partial charge in [0.15, 0.2) is 5.78 Å². The molecule has 0 saturated carbocycles. The molecule has 0 aromatic heterocycles. The fraction of sp³-hybridized carbons (Fsp3) is 0.200. The van der Waals surface area contributed by atoms with E-state index in [2.05, 4.69) is 0 Å². The second kappa shape index (κ2) is 3.23. The van der Waals surface area contributed by atoms with E-state index in [4.69, 9.17) is 5.26 Å². The third-order valence-electron chi connectivity index (χ3n) is 2.00. The van der Waals surface area contributed by atoms with Crippen molar-refractivity contribution in [3.05, 3.63) is 29.3 Å². The molecule has 1 aromatic rings. The number of nitriles is 1. The van der Waals surface area contributed by atoms with Crippen molar-refractivity contribution in [2.45, 2.75) is 11.3 Å². The molecule has 2 rings (SSSR count). The lowest BCUT2D eigenvalue weighted by Gasteiger charge is -2.13. The van der Waals surface area contributed by atoms with Crippen molar-refractivity contribution in [3.63, 3.8) is 0 Å². The van der Waals surface area contributed by atoms with E-state index in [1.165, 1.54) is 0 Å². The monoisotopic (exact) mass is 189 g/mol. The van der Waals surface area contributed by atoms with E-state index in [1.807, 2.05) is 12.1 Å². The van der Waals surface area contributed by atoms with Gasteiger partial charge in [-0.25, -0.2) is 0 Å². The van der Waals surface area contributed by atoms with Gasteiger partial charge in [-0.05, 0) is 18.2 Å². The Balaban J connectivity index is 2.55. The van der Waals surface area contributed by atoms with Crippen LogP contribution in [0.3, 0.4) is 0 Å². The normalized spacial score (nSPS) is 14.8. The highest BCUT2D eigenvalue weighted by Crippen LogP contribution is 2.30. The molecule has 0 amide bonds.